The van der Waals surface area contributed by atoms with Gasteiger partial charge < -0.3 is 24.4 Å². The van der Waals surface area contributed by atoms with Gasteiger partial charge in [0.1, 0.15) is 6.10 Å². The molecule has 1 N–H and O–H groups in total. The van der Waals surface area contributed by atoms with Crippen LogP contribution in [-0.4, -0.2) is 22.8 Å². The van der Waals surface area contributed by atoms with Crippen LogP contribution in [0, 0.1) is 0 Å². The molecule has 0 amide bonds. The van der Waals surface area contributed by atoms with Crippen LogP contribution >= 0.6 is 7.82 Å². The molecule has 0 saturated carbocycles. The Labute approximate surface area is 229 Å². The fourth-order valence-corrected chi connectivity index (χ4v) is 4.28. The van der Waals surface area contributed by atoms with Crippen molar-refractivity contribution in [1.29, 1.82) is 0 Å². The third-order valence-corrected chi connectivity index (χ3v) is 6.68. The maximum atomic E-state index is 12.0. The first-order valence-electron chi connectivity index (χ1n) is 12.0. The van der Waals surface area contributed by atoms with Crippen LogP contribution < -0.4 is 9.79 Å². The largest absolute Gasteiger partial charge is 3.00 e. The fourth-order valence-electron chi connectivity index (χ4n) is 3.78. The molecule has 198 valence electrons. The predicted molar refractivity (Wildman–Crippen MR) is 146 cm³/mol. The van der Waals surface area contributed by atoms with Gasteiger partial charge in [0.15, 0.2) is 0 Å². The molecule has 0 aliphatic rings. The quantitative estimate of drug-likeness (QED) is 0.343. The van der Waals surface area contributed by atoms with Crippen LogP contribution in [0.1, 0.15) is 123 Å². The minimum absolute atomic E-state index is 0. The van der Waals surface area contributed by atoms with Crippen molar-refractivity contribution in [3.63, 3.8) is 0 Å². The molecule has 0 saturated heterocycles. The fraction of sp³-hybridized carbons (Fsp3) is 0.586. The van der Waals surface area contributed by atoms with Gasteiger partial charge >= 0.3 is 17.4 Å². The van der Waals surface area contributed by atoms with E-state index in [0.717, 1.165) is 22.3 Å². The van der Waals surface area contributed by atoms with Gasteiger partial charge in [-0.05, 0) is 55.0 Å². The Morgan fingerprint density at radius 3 is 0.972 bits per heavy atom. The minimum atomic E-state index is -5.28. The van der Waals surface area contributed by atoms with Gasteiger partial charge in [0.05, 0.1) is 7.82 Å². The maximum absolute atomic E-state index is 12.0. The van der Waals surface area contributed by atoms with Crippen molar-refractivity contribution in [2.75, 3.05) is 0 Å². The molecule has 0 aliphatic heterocycles. The second-order valence-electron chi connectivity index (χ2n) is 13.6. The minimum Gasteiger partial charge on any atom is -0.870 e. The Kier molecular flexibility index (Phi) is 11.1. The van der Waals surface area contributed by atoms with Crippen LogP contribution in [0.5, 0.6) is 0 Å². The number of hydrogen-bond acceptors (Lipinski definition) is 5. The number of phosphoric acid groups is 1. The van der Waals surface area contributed by atoms with Crippen molar-refractivity contribution in [3.8, 4) is 0 Å². The molecule has 5 nitrogen and oxygen atoms in total. The van der Waals surface area contributed by atoms with Gasteiger partial charge in [-0.3, -0.25) is 0 Å². The molecule has 0 aliphatic carbocycles. The van der Waals surface area contributed by atoms with E-state index in [1.165, 1.54) is 0 Å². The molecular weight excluding hydrogens is 486 g/mol. The van der Waals surface area contributed by atoms with Crippen molar-refractivity contribution in [2.45, 2.75) is 111 Å². The van der Waals surface area contributed by atoms with Gasteiger partial charge in [0.25, 0.3) is 0 Å². The number of hydrogen-bond donors (Lipinski definition) is 0. The van der Waals surface area contributed by atoms with E-state index in [-0.39, 0.29) is 44.5 Å². The first-order chi connectivity index (χ1) is 15.0. The van der Waals surface area contributed by atoms with E-state index in [9.17, 15) is 14.4 Å². The van der Waals surface area contributed by atoms with Crippen LogP contribution in [0.3, 0.4) is 0 Å². The summed E-state index contributed by atoms with van der Waals surface area (Å²) >= 11 is 0. The summed E-state index contributed by atoms with van der Waals surface area (Å²) in [6, 6.07) is 12.3. The van der Waals surface area contributed by atoms with E-state index < -0.39 is 13.9 Å². The van der Waals surface area contributed by atoms with Crippen molar-refractivity contribution in [2.24, 2.45) is 0 Å². The summed E-state index contributed by atoms with van der Waals surface area (Å²) in [5.74, 6) is 0. The molecule has 2 rings (SSSR count). The zero-order valence-electron chi connectivity index (χ0n) is 24.1. The van der Waals surface area contributed by atoms with Crippen LogP contribution in [0.2, 0.25) is 0 Å². The Morgan fingerprint density at radius 1 is 0.583 bits per heavy atom. The Bertz CT molecular complexity index is 937. The second-order valence-corrected chi connectivity index (χ2v) is 14.7. The summed E-state index contributed by atoms with van der Waals surface area (Å²) in [7, 11) is -5.28. The molecule has 0 heterocycles. The zero-order chi connectivity index (χ0) is 26.5. The maximum Gasteiger partial charge on any atom is 3.00 e. The third kappa shape index (κ3) is 9.41. The zero-order valence-corrected chi connectivity index (χ0v) is 26.2. The predicted octanol–water partition coefficient (Wildman–Crippen LogP) is 6.25. The van der Waals surface area contributed by atoms with Gasteiger partial charge in [-0.2, -0.15) is 0 Å². The smallest absolute Gasteiger partial charge is 0.870 e. The van der Waals surface area contributed by atoms with Crippen molar-refractivity contribution >= 4 is 25.2 Å². The summed E-state index contributed by atoms with van der Waals surface area (Å²) in [6.45, 7) is 25.5. The first-order valence-corrected chi connectivity index (χ1v) is 13.5. The summed E-state index contributed by atoms with van der Waals surface area (Å²) in [6.07, 6.45) is -1.02. The summed E-state index contributed by atoms with van der Waals surface area (Å²) in [5.41, 5.74) is 4.97. The number of rotatable bonds is 4. The molecule has 0 fully saturated rings. The molecule has 0 spiro atoms. The van der Waals surface area contributed by atoms with E-state index in [4.69, 9.17) is 4.52 Å². The van der Waals surface area contributed by atoms with Crippen molar-refractivity contribution < 1.29 is 24.4 Å². The van der Waals surface area contributed by atoms with Crippen LogP contribution in [0.25, 0.3) is 0 Å². The molecule has 7 heteroatoms. The Hall–Kier alpha value is -0.958. The Balaban J connectivity index is 0.00000612. The van der Waals surface area contributed by atoms with Crippen molar-refractivity contribution in [3.05, 3.63) is 69.8 Å². The second kappa shape index (κ2) is 11.4. The summed E-state index contributed by atoms with van der Waals surface area (Å²) in [4.78, 5) is 23.9. The first kappa shape index (κ1) is 35.0. The molecule has 0 bridgehead atoms. The van der Waals surface area contributed by atoms with Gasteiger partial charge in [-0.15, -0.1) is 0 Å². The number of phosphoric ester groups is 1. The molecule has 0 unspecified atom stereocenters. The molecule has 36 heavy (non-hydrogen) atoms. The van der Waals surface area contributed by atoms with Crippen LogP contribution in [-0.2, 0) is 30.7 Å². The summed E-state index contributed by atoms with van der Waals surface area (Å²) < 4.78 is 17.3. The average molecular weight is 531 g/mol. The van der Waals surface area contributed by atoms with E-state index in [1.54, 1.807) is 0 Å². The van der Waals surface area contributed by atoms with E-state index in [0.29, 0.717) is 11.1 Å². The molecule has 2 aromatic carbocycles. The van der Waals surface area contributed by atoms with Gasteiger partial charge in [-0.25, -0.2) is 0 Å². The standard InChI is InChI=1S/C29H45O4P.Al.H2O/c1-26(2,3)21-13-19(14-22(17-21)27(4,5)6)25(33-34(30,31)32)20-15-23(28(7,8)9)18-24(16-20)29(10,11)12;;/h13-18,25H,1-12H3,(H2,30,31,32);;1H2/q;+3;/p-3. The van der Waals surface area contributed by atoms with Gasteiger partial charge in [-0.1, -0.05) is 119 Å². The SMILES string of the molecule is CC(C)(C)c1cc(C(OP(=O)([O-])[O-])c2cc(C(C)(C)C)cc(C(C)(C)C)c2)cc(C(C)(C)C)c1.[Al+3].[OH-]. The van der Waals surface area contributed by atoms with E-state index >= 15 is 0 Å². The monoisotopic (exact) mass is 530 g/mol. The third-order valence-electron chi connectivity index (χ3n) is 6.21. The topological polar surface area (TPSA) is 102 Å². The van der Waals surface area contributed by atoms with Crippen LogP contribution in [0.15, 0.2) is 36.4 Å². The number of benzene rings is 2. The molecule has 2 aromatic rings. The van der Waals surface area contributed by atoms with Crippen LogP contribution in [0.4, 0.5) is 0 Å². The molecule has 0 radical (unpaired) electrons. The van der Waals surface area contributed by atoms with E-state index in [1.807, 2.05) is 24.3 Å². The Morgan fingerprint density at radius 2 is 0.806 bits per heavy atom. The van der Waals surface area contributed by atoms with Gasteiger partial charge in [0, 0.05) is 0 Å². The molecular formula is C29H44AlO5P. The molecule has 0 aromatic heterocycles. The normalized spacial score (nSPS) is 13.3. The summed E-state index contributed by atoms with van der Waals surface area (Å²) in [5, 5.41) is 0. The van der Waals surface area contributed by atoms with Crippen molar-refractivity contribution in [1.82, 2.24) is 0 Å². The van der Waals surface area contributed by atoms with Gasteiger partial charge in [0.2, 0.25) is 0 Å². The van der Waals surface area contributed by atoms with E-state index in [2.05, 4.69) is 95.2 Å². The average Bonchev–Trinajstić information content (AvgIpc) is 2.62. The molecule has 0 atom stereocenters.